The van der Waals surface area contributed by atoms with Gasteiger partial charge in [0.1, 0.15) is 5.60 Å². The highest BCUT2D eigenvalue weighted by Crippen LogP contribution is 2.72. The van der Waals surface area contributed by atoms with Crippen LogP contribution in [0.25, 0.3) is 0 Å². The number of benzene rings is 1. The number of aryl methyl sites for hydroxylation is 1. The predicted octanol–water partition coefficient (Wildman–Crippen LogP) is 5.80. The maximum absolute atomic E-state index is 13.5. The fourth-order valence-corrected chi connectivity index (χ4v) is 10.9. The molecule has 304 valence electrons. The molecule has 0 amide bonds. The first-order valence-electron chi connectivity index (χ1n) is 21.0. The Labute approximate surface area is 330 Å². The van der Waals surface area contributed by atoms with Crippen LogP contribution in [0.5, 0.6) is 0 Å². The lowest BCUT2D eigenvalue weighted by atomic mass is 9.54. The summed E-state index contributed by atoms with van der Waals surface area (Å²) in [6.45, 7) is 1.92. The number of ether oxygens (including phenoxy) is 3. The summed E-state index contributed by atoms with van der Waals surface area (Å²) in [7, 11) is 0. The van der Waals surface area contributed by atoms with Crippen molar-refractivity contribution >= 4 is 17.5 Å². The van der Waals surface area contributed by atoms with Crippen LogP contribution in [-0.2, 0) is 35.0 Å². The number of allylic oxidation sites excluding steroid dienone is 5. The summed E-state index contributed by atoms with van der Waals surface area (Å²) in [6, 6.07) is 9.99. The summed E-state index contributed by atoms with van der Waals surface area (Å²) in [4.78, 5) is 38.1. The molecule has 1 aromatic rings. The normalized spacial score (nSPS) is 35.6. The molecule has 4 fully saturated rings. The third-order valence-corrected chi connectivity index (χ3v) is 14.1. The standard InChI is InChI=1S/C46H60O10/c1-44-23-19-33(48)27-31(44)14-17-36-37(44)20-24-45-38(36)21-25-46(45,56-45)41(51)29-55-43(53)22-26-54-42(52)12-8-3-2-7-11-34-35(40(50)28-39(34)49)18-16-32(47)15-13-30-9-5-4-6-10-30/h2,4-7,9-10,16,18,20,27,32,34-36,38-40,42,47,49-50,52H,3,8,11-15,17,19,21-26,28-29H2,1H3/b7-2-,18-16+/t32-,34+,35+,36+,38-,39-,40+,42?,44-,45+,46-/m0/s1. The van der Waals surface area contributed by atoms with Crippen molar-refractivity contribution in [1.82, 2.24) is 0 Å². The molecule has 11 atom stereocenters. The van der Waals surface area contributed by atoms with E-state index in [0.29, 0.717) is 63.7 Å². The SMILES string of the molecule is C[C@]12CCC(=O)C=C1CC[C@@H]1C2=CC[C@]23O[C@]2(C(=O)COC(=O)CCOC(O)CCC/C=C\C[C@@H]2[C@@H](/C=C/[C@@H](O)CCc4ccccc4)[C@H](O)C[C@@H]2O)CC[C@@H]13. The minimum Gasteiger partial charge on any atom is -0.457 e. The van der Waals surface area contributed by atoms with Crippen LogP contribution in [0.3, 0.4) is 0 Å². The summed E-state index contributed by atoms with van der Waals surface area (Å²) in [5.41, 5.74) is 2.37. The Kier molecular flexibility index (Phi) is 12.7. The van der Waals surface area contributed by atoms with Crippen LogP contribution in [0.4, 0.5) is 0 Å². The third kappa shape index (κ3) is 8.34. The Balaban J connectivity index is 0.771. The quantitative estimate of drug-likeness (QED) is 0.0472. The molecule has 6 aliphatic rings. The third-order valence-electron chi connectivity index (χ3n) is 14.1. The number of unbranched alkanes of at least 4 members (excludes halogenated alkanes) is 1. The van der Waals surface area contributed by atoms with Gasteiger partial charge in [-0.25, -0.2) is 0 Å². The number of hydrogen-bond donors (Lipinski definition) is 4. The molecule has 1 aromatic carbocycles. The van der Waals surface area contributed by atoms with Gasteiger partial charge in [0.25, 0.3) is 0 Å². The van der Waals surface area contributed by atoms with E-state index in [1.807, 2.05) is 54.6 Å². The van der Waals surface area contributed by atoms with Crippen LogP contribution < -0.4 is 0 Å². The van der Waals surface area contributed by atoms with E-state index in [1.54, 1.807) is 6.08 Å². The molecule has 0 bridgehead atoms. The first-order chi connectivity index (χ1) is 27.0. The zero-order valence-corrected chi connectivity index (χ0v) is 32.7. The molecule has 56 heavy (non-hydrogen) atoms. The average molecular weight is 773 g/mol. The monoisotopic (exact) mass is 772 g/mol. The Hall–Kier alpha value is -3.25. The molecule has 1 unspecified atom stereocenters. The minimum atomic E-state index is -1.03. The van der Waals surface area contributed by atoms with Crippen molar-refractivity contribution in [3.05, 3.63) is 83.5 Å². The van der Waals surface area contributed by atoms with Crippen molar-refractivity contribution in [1.29, 1.82) is 0 Å². The lowest BCUT2D eigenvalue weighted by Crippen LogP contribution is -2.45. The van der Waals surface area contributed by atoms with E-state index in [-0.39, 0.29) is 54.4 Å². The van der Waals surface area contributed by atoms with Gasteiger partial charge in [-0.2, -0.15) is 0 Å². The number of ketones is 2. The molecule has 3 saturated carbocycles. The van der Waals surface area contributed by atoms with Gasteiger partial charge in [-0.1, -0.05) is 78.8 Å². The molecule has 1 saturated heterocycles. The summed E-state index contributed by atoms with van der Waals surface area (Å²) in [5.74, 6) is -0.289. The van der Waals surface area contributed by atoms with Crippen LogP contribution in [0.1, 0.15) is 102 Å². The van der Waals surface area contributed by atoms with Gasteiger partial charge in [0.05, 0.1) is 31.3 Å². The molecule has 10 nitrogen and oxygen atoms in total. The van der Waals surface area contributed by atoms with Crippen LogP contribution in [-0.4, -0.2) is 87.0 Å². The first-order valence-corrected chi connectivity index (χ1v) is 21.0. The molecular formula is C46H60O10. The lowest BCUT2D eigenvalue weighted by molar-refractivity contribution is -0.153. The maximum Gasteiger partial charge on any atom is 0.308 e. The number of aliphatic hydroxyl groups excluding tert-OH is 4. The molecule has 4 N–H and O–H groups in total. The van der Waals surface area contributed by atoms with Crippen molar-refractivity contribution in [2.45, 2.75) is 139 Å². The Morgan fingerprint density at radius 2 is 1.86 bits per heavy atom. The van der Waals surface area contributed by atoms with E-state index in [0.717, 1.165) is 37.7 Å². The molecular weight excluding hydrogens is 712 g/mol. The van der Waals surface area contributed by atoms with Crippen molar-refractivity contribution in [3.8, 4) is 0 Å². The number of fused-ring (bicyclic) bond motifs is 4. The van der Waals surface area contributed by atoms with Crippen molar-refractivity contribution < 1.29 is 49.0 Å². The van der Waals surface area contributed by atoms with Gasteiger partial charge in [-0.3, -0.25) is 14.4 Å². The molecule has 1 spiro atoms. The zero-order chi connectivity index (χ0) is 39.5. The molecule has 5 aliphatic carbocycles. The molecule has 10 heteroatoms. The van der Waals surface area contributed by atoms with Crippen molar-refractivity contribution in [2.75, 3.05) is 13.2 Å². The topological polar surface area (TPSA) is 163 Å². The number of hydrogen-bond acceptors (Lipinski definition) is 10. The first kappa shape index (κ1) is 40.9. The van der Waals surface area contributed by atoms with Gasteiger partial charge in [0.15, 0.2) is 24.3 Å². The number of Topliss-reactive ketones (excluding diaryl/α,β-unsaturated/α-hetero) is 1. The minimum absolute atomic E-state index is 0.0223. The highest BCUT2D eigenvalue weighted by molar-refractivity contribution is 5.95. The average Bonchev–Trinajstić information content (AvgIpc) is 3.58. The molecule has 1 aliphatic heterocycles. The van der Waals surface area contributed by atoms with E-state index in [2.05, 4.69) is 13.0 Å². The van der Waals surface area contributed by atoms with Gasteiger partial charge < -0.3 is 34.6 Å². The Bertz CT molecular complexity index is 1710. The summed E-state index contributed by atoms with van der Waals surface area (Å²) in [5, 5.41) is 41.9. The highest BCUT2D eigenvalue weighted by atomic mass is 16.6. The number of aliphatic hydroxyl groups is 4. The fourth-order valence-electron chi connectivity index (χ4n) is 10.9. The van der Waals surface area contributed by atoms with Crippen LogP contribution in [0.2, 0.25) is 0 Å². The summed E-state index contributed by atoms with van der Waals surface area (Å²) >= 11 is 0. The zero-order valence-electron chi connectivity index (χ0n) is 32.7. The summed E-state index contributed by atoms with van der Waals surface area (Å²) in [6.07, 6.45) is 18.2. The summed E-state index contributed by atoms with van der Waals surface area (Å²) < 4.78 is 17.2. The number of esters is 1. The Morgan fingerprint density at radius 3 is 2.68 bits per heavy atom. The molecule has 1 heterocycles. The van der Waals surface area contributed by atoms with Crippen molar-refractivity contribution in [3.63, 3.8) is 0 Å². The smallest absolute Gasteiger partial charge is 0.308 e. The van der Waals surface area contributed by atoms with Gasteiger partial charge >= 0.3 is 5.97 Å². The highest BCUT2D eigenvalue weighted by Gasteiger charge is 2.81. The Morgan fingerprint density at radius 1 is 1.04 bits per heavy atom. The van der Waals surface area contributed by atoms with E-state index in [1.165, 1.54) is 11.1 Å². The van der Waals surface area contributed by atoms with E-state index < -0.39 is 41.8 Å². The predicted molar refractivity (Wildman–Crippen MR) is 209 cm³/mol. The van der Waals surface area contributed by atoms with Gasteiger partial charge in [-0.15, -0.1) is 0 Å². The second-order valence-electron chi connectivity index (χ2n) is 17.3. The van der Waals surface area contributed by atoms with E-state index in [4.69, 9.17) is 14.2 Å². The number of carbonyl (C=O) groups excluding carboxylic acids is 3. The molecule has 0 aromatic heterocycles. The van der Waals surface area contributed by atoms with Crippen LogP contribution in [0.15, 0.2) is 77.9 Å². The van der Waals surface area contributed by atoms with E-state index in [9.17, 15) is 34.8 Å². The van der Waals surface area contributed by atoms with Gasteiger partial charge in [-0.05, 0) is 106 Å². The van der Waals surface area contributed by atoms with Gasteiger partial charge in [0, 0.05) is 24.2 Å². The van der Waals surface area contributed by atoms with Gasteiger partial charge in [0.2, 0.25) is 5.78 Å². The molecule has 0 radical (unpaired) electrons. The number of epoxide rings is 1. The number of carbonyl (C=O) groups is 3. The van der Waals surface area contributed by atoms with Crippen LogP contribution >= 0.6 is 0 Å². The van der Waals surface area contributed by atoms with E-state index >= 15 is 0 Å². The number of rotatable bonds is 18. The largest absolute Gasteiger partial charge is 0.457 e. The van der Waals surface area contributed by atoms with Crippen LogP contribution in [0, 0.1) is 29.1 Å². The second-order valence-corrected chi connectivity index (χ2v) is 17.3. The molecule has 7 rings (SSSR count). The fraction of sp³-hybridized carbons (Fsp3) is 0.630. The lowest BCUT2D eigenvalue weighted by Gasteiger charge is -2.50. The maximum atomic E-state index is 13.5. The van der Waals surface area contributed by atoms with Crippen molar-refractivity contribution in [2.24, 2.45) is 29.1 Å². The second kappa shape index (κ2) is 17.3.